The number of nitrogens with one attached hydrogen (secondary N) is 4. The summed E-state index contributed by atoms with van der Waals surface area (Å²) < 4.78 is 0. The van der Waals surface area contributed by atoms with Crippen molar-refractivity contribution in [3.05, 3.63) is 48.5 Å². The molecule has 0 aliphatic carbocycles. The standard InChI is InChI=1S/C19H18N6O2/c26-16(24-18-20-12-6-1-2-7-13(12)21-18)10-5-11-17(27)25-19-22-14-8-3-4-9-15(14)23-19/h1-4,6-9H,5,10-11H2,(H2,20,21,24,26)(H2,22,23,25,27). The number of aromatic nitrogens is 4. The number of hydrogen-bond donors (Lipinski definition) is 4. The highest BCUT2D eigenvalue weighted by atomic mass is 16.2. The lowest BCUT2D eigenvalue weighted by molar-refractivity contribution is -0.117. The minimum atomic E-state index is -0.189. The average Bonchev–Trinajstić information content (AvgIpc) is 3.23. The molecule has 8 nitrogen and oxygen atoms in total. The number of benzene rings is 2. The van der Waals surface area contributed by atoms with Crippen molar-refractivity contribution >= 4 is 45.8 Å². The molecule has 0 radical (unpaired) electrons. The Kier molecular flexibility index (Phi) is 4.52. The third kappa shape index (κ3) is 3.95. The number of H-pyrrole nitrogens is 2. The fraction of sp³-hybridized carbons (Fsp3) is 0.158. The van der Waals surface area contributed by atoms with Crippen LogP contribution in [-0.4, -0.2) is 31.8 Å². The minimum absolute atomic E-state index is 0.189. The van der Waals surface area contributed by atoms with Gasteiger partial charge in [-0.25, -0.2) is 9.97 Å². The van der Waals surface area contributed by atoms with Crippen LogP contribution < -0.4 is 10.6 Å². The largest absolute Gasteiger partial charge is 0.324 e. The summed E-state index contributed by atoms with van der Waals surface area (Å²) in [6.45, 7) is 0. The van der Waals surface area contributed by atoms with Crippen molar-refractivity contribution in [2.45, 2.75) is 19.3 Å². The van der Waals surface area contributed by atoms with Gasteiger partial charge < -0.3 is 9.97 Å². The van der Waals surface area contributed by atoms with Crippen molar-refractivity contribution in [1.82, 2.24) is 19.9 Å². The van der Waals surface area contributed by atoms with Gasteiger partial charge in [0, 0.05) is 12.8 Å². The van der Waals surface area contributed by atoms with Crippen molar-refractivity contribution in [2.24, 2.45) is 0 Å². The van der Waals surface area contributed by atoms with Crippen LogP contribution in [0.4, 0.5) is 11.9 Å². The maximum Gasteiger partial charge on any atom is 0.226 e. The van der Waals surface area contributed by atoms with Crippen LogP contribution in [-0.2, 0) is 9.59 Å². The predicted octanol–water partition coefficient (Wildman–Crippen LogP) is 3.19. The predicted molar refractivity (Wildman–Crippen MR) is 103 cm³/mol. The van der Waals surface area contributed by atoms with E-state index in [9.17, 15) is 9.59 Å². The fourth-order valence-corrected chi connectivity index (χ4v) is 2.82. The zero-order valence-corrected chi connectivity index (χ0v) is 14.5. The van der Waals surface area contributed by atoms with Crippen LogP contribution >= 0.6 is 0 Å². The van der Waals surface area contributed by atoms with Crippen molar-refractivity contribution in [3.8, 4) is 0 Å². The van der Waals surface area contributed by atoms with Crippen LogP contribution in [0, 0.1) is 0 Å². The van der Waals surface area contributed by atoms with Crippen molar-refractivity contribution < 1.29 is 9.59 Å². The normalized spacial score (nSPS) is 11.0. The maximum atomic E-state index is 12.0. The topological polar surface area (TPSA) is 116 Å². The van der Waals surface area contributed by atoms with E-state index in [1.165, 1.54) is 0 Å². The quantitative estimate of drug-likeness (QED) is 0.421. The Labute approximate surface area is 154 Å². The van der Waals surface area contributed by atoms with Crippen LogP contribution in [0.3, 0.4) is 0 Å². The zero-order valence-electron chi connectivity index (χ0n) is 14.5. The molecule has 2 heterocycles. The summed E-state index contributed by atoms with van der Waals surface area (Å²) >= 11 is 0. The highest BCUT2D eigenvalue weighted by Crippen LogP contribution is 2.15. The van der Waals surface area contributed by atoms with Crippen molar-refractivity contribution in [1.29, 1.82) is 0 Å². The Hall–Kier alpha value is -3.68. The van der Waals surface area contributed by atoms with E-state index in [-0.39, 0.29) is 24.7 Å². The molecule has 0 atom stereocenters. The molecule has 0 unspecified atom stereocenters. The van der Waals surface area contributed by atoms with Crippen molar-refractivity contribution in [3.63, 3.8) is 0 Å². The second-order valence-corrected chi connectivity index (χ2v) is 6.16. The van der Waals surface area contributed by atoms with Gasteiger partial charge in [0.15, 0.2) is 0 Å². The summed E-state index contributed by atoms with van der Waals surface area (Å²) in [5.74, 6) is 0.442. The summed E-state index contributed by atoms with van der Waals surface area (Å²) in [6, 6.07) is 15.1. The number of para-hydroxylation sites is 4. The molecule has 0 saturated carbocycles. The number of imidazole rings is 2. The van der Waals surface area contributed by atoms with E-state index in [0.717, 1.165) is 22.1 Å². The molecule has 4 aromatic rings. The zero-order chi connectivity index (χ0) is 18.6. The van der Waals surface area contributed by atoms with E-state index in [1.807, 2.05) is 48.5 Å². The summed E-state index contributed by atoms with van der Waals surface area (Å²) in [5.41, 5.74) is 3.30. The Morgan fingerprint density at radius 3 is 1.63 bits per heavy atom. The second-order valence-electron chi connectivity index (χ2n) is 6.16. The second kappa shape index (κ2) is 7.28. The number of nitrogens with zero attached hydrogens (tertiary/aromatic N) is 2. The molecule has 0 fully saturated rings. The summed E-state index contributed by atoms with van der Waals surface area (Å²) in [6.07, 6.45) is 0.882. The lowest BCUT2D eigenvalue weighted by atomic mass is 10.2. The van der Waals surface area contributed by atoms with Crippen LogP contribution in [0.5, 0.6) is 0 Å². The lowest BCUT2D eigenvalue weighted by Gasteiger charge is -2.03. The first-order valence-corrected chi connectivity index (χ1v) is 8.66. The molecule has 8 heteroatoms. The molecular weight excluding hydrogens is 344 g/mol. The molecule has 27 heavy (non-hydrogen) atoms. The SMILES string of the molecule is O=C(CCCC(=O)Nc1nc2ccccc2[nH]1)Nc1nc2ccccc2[nH]1. The van der Waals surface area contributed by atoms with Gasteiger partial charge in [-0.1, -0.05) is 24.3 Å². The molecule has 136 valence electrons. The number of anilines is 2. The van der Waals surface area contributed by atoms with E-state index >= 15 is 0 Å². The number of hydrogen-bond acceptors (Lipinski definition) is 4. The number of aromatic amines is 2. The van der Waals surface area contributed by atoms with E-state index in [0.29, 0.717) is 18.3 Å². The Bertz CT molecular complexity index is 960. The molecule has 2 amide bonds. The minimum Gasteiger partial charge on any atom is -0.324 e. The first-order chi connectivity index (χ1) is 13.2. The highest BCUT2D eigenvalue weighted by Gasteiger charge is 2.10. The van der Waals surface area contributed by atoms with E-state index in [1.54, 1.807) is 0 Å². The first kappa shape index (κ1) is 16.8. The molecule has 4 N–H and O–H groups in total. The molecule has 0 aliphatic heterocycles. The van der Waals surface area contributed by atoms with Gasteiger partial charge in [0.05, 0.1) is 22.1 Å². The first-order valence-electron chi connectivity index (χ1n) is 8.66. The maximum absolute atomic E-state index is 12.0. The average molecular weight is 362 g/mol. The van der Waals surface area contributed by atoms with Gasteiger partial charge in [0.1, 0.15) is 0 Å². The van der Waals surface area contributed by atoms with E-state index in [2.05, 4.69) is 30.6 Å². The summed E-state index contributed by atoms with van der Waals surface area (Å²) in [5, 5.41) is 5.43. The highest BCUT2D eigenvalue weighted by molar-refractivity contribution is 5.93. The monoisotopic (exact) mass is 362 g/mol. The van der Waals surface area contributed by atoms with E-state index in [4.69, 9.17) is 0 Å². The number of fused-ring (bicyclic) bond motifs is 2. The molecule has 0 saturated heterocycles. The molecule has 0 spiro atoms. The Morgan fingerprint density at radius 1 is 0.741 bits per heavy atom. The molecule has 0 bridgehead atoms. The van der Waals surface area contributed by atoms with Gasteiger partial charge in [0.25, 0.3) is 0 Å². The van der Waals surface area contributed by atoms with Gasteiger partial charge in [-0.3, -0.25) is 20.2 Å². The van der Waals surface area contributed by atoms with Crippen LogP contribution in [0.25, 0.3) is 22.1 Å². The smallest absolute Gasteiger partial charge is 0.226 e. The number of rotatable bonds is 6. The lowest BCUT2D eigenvalue weighted by Crippen LogP contribution is -2.15. The Morgan fingerprint density at radius 2 is 1.19 bits per heavy atom. The molecule has 2 aromatic heterocycles. The van der Waals surface area contributed by atoms with E-state index < -0.39 is 0 Å². The fourth-order valence-electron chi connectivity index (χ4n) is 2.82. The molecule has 2 aromatic carbocycles. The van der Waals surface area contributed by atoms with Crippen LogP contribution in [0.1, 0.15) is 19.3 Å². The molecular formula is C19H18N6O2. The van der Waals surface area contributed by atoms with Gasteiger partial charge in [0.2, 0.25) is 23.7 Å². The molecule has 4 rings (SSSR count). The number of carbonyl (C=O) groups excluding carboxylic acids is 2. The summed E-state index contributed by atoms with van der Waals surface area (Å²) in [7, 11) is 0. The van der Waals surface area contributed by atoms with Gasteiger partial charge in [-0.05, 0) is 30.7 Å². The third-order valence-electron chi connectivity index (χ3n) is 4.10. The van der Waals surface area contributed by atoms with Gasteiger partial charge >= 0.3 is 0 Å². The molecule has 0 aliphatic rings. The summed E-state index contributed by atoms with van der Waals surface area (Å²) in [4.78, 5) is 38.7. The van der Waals surface area contributed by atoms with Crippen LogP contribution in [0.2, 0.25) is 0 Å². The van der Waals surface area contributed by atoms with Crippen molar-refractivity contribution in [2.75, 3.05) is 10.6 Å². The van der Waals surface area contributed by atoms with Gasteiger partial charge in [-0.15, -0.1) is 0 Å². The number of carbonyl (C=O) groups is 2. The third-order valence-corrected chi connectivity index (χ3v) is 4.10. The number of amides is 2. The van der Waals surface area contributed by atoms with Crippen LogP contribution in [0.15, 0.2) is 48.5 Å². The Balaban J connectivity index is 1.24. The van der Waals surface area contributed by atoms with Gasteiger partial charge in [-0.2, -0.15) is 0 Å².